The number of benzene rings is 1. The fraction of sp³-hybridized carbons (Fsp3) is 0.455. The van der Waals surface area contributed by atoms with Crippen LogP contribution in [0.4, 0.5) is 8.78 Å². The van der Waals surface area contributed by atoms with Gasteiger partial charge >= 0.3 is 0 Å². The Morgan fingerprint density at radius 3 is 2.81 bits per heavy atom. The van der Waals surface area contributed by atoms with E-state index in [1.165, 1.54) is 0 Å². The molecular weight excluding hydrogens is 236 g/mol. The summed E-state index contributed by atoms with van der Waals surface area (Å²) in [6.45, 7) is 2.63. The summed E-state index contributed by atoms with van der Waals surface area (Å²) in [6, 6.07) is 5.03. The summed E-state index contributed by atoms with van der Waals surface area (Å²) in [5, 5.41) is 3.60. The van der Waals surface area contributed by atoms with Gasteiger partial charge in [-0.1, -0.05) is 24.6 Å². The molecular formula is C11H14ClF2NO. The van der Waals surface area contributed by atoms with Gasteiger partial charge < -0.3 is 10.1 Å². The number of rotatable bonds is 6. The van der Waals surface area contributed by atoms with Gasteiger partial charge in [0.25, 0.3) is 6.43 Å². The Hall–Kier alpha value is -0.870. The molecule has 1 N–H and O–H groups in total. The van der Waals surface area contributed by atoms with Crippen LogP contribution in [0.1, 0.15) is 12.5 Å². The summed E-state index contributed by atoms with van der Waals surface area (Å²) in [7, 11) is 0. The third-order valence-corrected chi connectivity index (χ3v) is 2.35. The van der Waals surface area contributed by atoms with Crippen molar-refractivity contribution in [1.29, 1.82) is 0 Å². The fourth-order valence-electron chi connectivity index (χ4n) is 1.25. The molecule has 0 heterocycles. The van der Waals surface area contributed by atoms with Crippen molar-refractivity contribution in [2.24, 2.45) is 0 Å². The highest BCUT2D eigenvalue weighted by Gasteiger charge is 2.10. The lowest BCUT2D eigenvalue weighted by Crippen LogP contribution is -2.14. The number of halogens is 3. The number of ether oxygens (including phenoxy) is 1. The maximum absolute atomic E-state index is 12.0. The standard InChI is InChI=1S/C11H14ClF2NO/c1-2-15-6-8-9(12)4-3-5-10(8)16-7-11(13)14/h3-5,11,15H,2,6-7H2,1H3. The number of hydrogen-bond acceptors (Lipinski definition) is 2. The lowest BCUT2D eigenvalue weighted by atomic mass is 10.2. The molecule has 1 aromatic carbocycles. The topological polar surface area (TPSA) is 21.3 Å². The van der Waals surface area contributed by atoms with Gasteiger partial charge in [-0.25, -0.2) is 8.78 Å². The summed E-state index contributed by atoms with van der Waals surface area (Å²) in [5.41, 5.74) is 0.715. The molecule has 0 aromatic heterocycles. The van der Waals surface area contributed by atoms with Gasteiger partial charge in [0.1, 0.15) is 12.4 Å². The van der Waals surface area contributed by atoms with Crippen LogP contribution in [0.15, 0.2) is 18.2 Å². The molecule has 0 bridgehead atoms. The van der Waals surface area contributed by atoms with E-state index in [2.05, 4.69) is 5.32 Å². The average Bonchev–Trinajstić information content (AvgIpc) is 2.25. The van der Waals surface area contributed by atoms with Gasteiger partial charge in [-0.15, -0.1) is 0 Å². The quantitative estimate of drug-likeness (QED) is 0.837. The van der Waals surface area contributed by atoms with E-state index in [1.807, 2.05) is 6.92 Å². The smallest absolute Gasteiger partial charge is 0.272 e. The monoisotopic (exact) mass is 249 g/mol. The van der Waals surface area contributed by atoms with E-state index >= 15 is 0 Å². The van der Waals surface area contributed by atoms with Gasteiger partial charge in [0.15, 0.2) is 0 Å². The van der Waals surface area contributed by atoms with Crippen molar-refractivity contribution in [2.45, 2.75) is 19.9 Å². The van der Waals surface area contributed by atoms with E-state index in [4.69, 9.17) is 16.3 Å². The van der Waals surface area contributed by atoms with E-state index < -0.39 is 13.0 Å². The number of alkyl halides is 2. The van der Waals surface area contributed by atoms with Crippen LogP contribution in [0.3, 0.4) is 0 Å². The first kappa shape index (κ1) is 13.2. The lowest BCUT2D eigenvalue weighted by molar-refractivity contribution is 0.0814. The molecule has 2 nitrogen and oxygen atoms in total. The van der Waals surface area contributed by atoms with Gasteiger partial charge in [-0.2, -0.15) is 0 Å². The highest BCUT2D eigenvalue weighted by Crippen LogP contribution is 2.26. The van der Waals surface area contributed by atoms with Gasteiger partial charge in [0.2, 0.25) is 0 Å². The number of nitrogens with one attached hydrogen (secondary N) is 1. The van der Waals surface area contributed by atoms with Crippen molar-refractivity contribution in [3.63, 3.8) is 0 Å². The largest absolute Gasteiger partial charge is 0.487 e. The molecule has 0 spiro atoms. The van der Waals surface area contributed by atoms with E-state index in [1.54, 1.807) is 18.2 Å². The minimum absolute atomic E-state index is 0.411. The summed E-state index contributed by atoms with van der Waals surface area (Å²) >= 11 is 5.97. The first-order valence-corrected chi connectivity index (χ1v) is 5.42. The Kier molecular flexibility index (Phi) is 5.49. The molecule has 0 fully saturated rings. The zero-order chi connectivity index (χ0) is 12.0. The summed E-state index contributed by atoms with van der Waals surface area (Å²) in [4.78, 5) is 0. The Morgan fingerprint density at radius 2 is 2.19 bits per heavy atom. The maximum atomic E-state index is 12.0. The molecule has 90 valence electrons. The third kappa shape index (κ3) is 3.94. The highest BCUT2D eigenvalue weighted by molar-refractivity contribution is 6.31. The zero-order valence-electron chi connectivity index (χ0n) is 8.97. The first-order chi connectivity index (χ1) is 7.65. The van der Waals surface area contributed by atoms with E-state index in [9.17, 15) is 8.78 Å². The van der Waals surface area contributed by atoms with Gasteiger partial charge in [0, 0.05) is 17.1 Å². The van der Waals surface area contributed by atoms with Crippen LogP contribution in [0.2, 0.25) is 5.02 Å². The normalized spacial score (nSPS) is 10.8. The summed E-state index contributed by atoms with van der Waals surface area (Å²) in [5.74, 6) is 0.411. The van der Waals surface area contributed by atoms with Gasteiger partial charge in [-0.05, 0) is 18.7 Å². The Labute approximate surface area is 98.6 Å². The molecule has 0 aliphatic heterocycles. The average molecular weight is 250 g/mol. The van der Waals surface area contributed by atoms with Crippen molar-refractivity contribution in [2.75, 3.05) is 13.2 Å². The van der Waals surface area contributed by atoms with E-state index in [-0.39, 0.29) is 0 Å². The first-order valence-electron chi connectivity index (χ1n) is 5.04. The molecule has 0 saturated carbocycles. The minimum Gasteiger partial charge on any atom is -0.487 e. The molecule has 1 aromatic rings. The second kappa shape index (κ2) is 6.66. The Morgan fingerprint density at radius 1 is 1.44 bits per heavy atom. The van der Waals surface area contributed by atoms with E-state index in [0.29, 0.717) is 22.9 Å². The maximum Gasteiger partial charge on any atom is 0.272 e. The van der Waals surface area contributed by atoms with Crippen LogP contribution in [0, 0.1) is 0 Å². The second-order valence-electron chi connectivity index (χ2n) is 3.20. The van der Waals surface area contributed by atoms with Crippen molar-refractivity contribution in [1.82, 2.24) is 5.32 Å². The van der Waals surface area contributed by atoms with Crippen LogP contribution in [0.25, 0.3) is 0 Å². The molecule has 16 heavy (non-hydrogen) atoms. The van der Waals surface area contributed by atoms with Crippen LogP contribution in [-0.2, 0) is 6.54 Å². The Bertz CT molecular complexity index is 334. The summed E-state index contributed by atoms with van der Waals surface area (Å²) in [6.07, 6.45) is -2.48. The summed E-state index contributed by atoms with van der Waals surface area (Å²) < 4.78 is 29.1. The molecule has 5 heteroatoms. The molecule has 0 atom stereocenters. The molecule has 1 rings (SSSR count). The molecule has 0 radical (unpaired) electrons. The van der Waals surface area contributed by atoms with Crippen molar-refractivity contribution < 1.29 is 13.5 Å². The van der Waals surface area contributed by atoms with Crippen molar-refractivity contribution in [3.8, 4) is 5.75 Å². The molecule has 0 unspecified atom stereocenters. The Balaban J connectivity index is 2.76. The molecule has 0 amide bonds. The van der Waals surface area contributed by atoms with Gasteiger partial charge in [0.05, 0.1) is 0 Å². The van der Waals surface area contributed by atoms with Crippen LogP contribution < -0.4 is 10.1 Å². The van der Waals surface area contributed by atoms with Crippen LogP contribution >= 0.6 is 11.6 Å². The lowest BCUT2D eigenvalue weighted by Gasteiger charge is -2.12. The van der Waals surface area contributed by atoms with Gasteiger partial charge in [-0.3, -0.25) is 0 Å². The second-order valence-corrected chi connectivity index (χ2v) is 3.61. The van der Waals surface area contributed by atoms with E-state index in [0.717, 1.165) is 6.54 Å². The van der Waals surface area contributed by atoms with Crippen molar-refractivity contribution >= 4 is 11.6 Å². The molecule has 0 saturated heterocycles. The fourth-order valence-corrected chi connectivity index (χ4v) is 1.48. The number of hydrogen-bond donors (Lipinski definition) is 1. The van der Waals surface area contributed by atoms with Crippen molar-refractivity contribution in [3.05, 3.63) is 28.8 Å². The minimum atomic E-state index is -2.48. The predicted molar refractivity (Wildman–Crippen MR) is 60.3 cm³/mol. The third-order valence-electron chi connectivity index (χ3n) is 1.99. The van der Waals surface area contributed by atoms with Crippen LogP contribution in [0.5, 0.6) is 5.75 Å². The highest BCUT2D eigenvalue weighted by atomic mass is 35.5. The SMILES string of the molecule is CCNCc1c(Cl)cccc1OCC(F)F. The van der Waals surface area contributed by atoms with Crippen LogP contribution in [-0.4, -0.2) is 19.6 Å². The predicted octanol–water partition coefficient (Wildman–Crippen LogP) is 3.09. The zero-order valence-corrected chi connectivity index (χ0v) is 9.73. The molecule has 0 aliphatic carbocycles. The molecule has 0 aliphatic rings.